The van der Waals surface area contributed by atoms with Gasteiger partial charge in [-0.05, 0) is 38.5 Å². The number of nitrogens with zero attached hydrogens (tertiary/aromatic N) is 3. The molecule has 1 heterocycles. The van der Waals surface area contributed by atoms with Gasteiger partial charge in [-0.3, -0.25) is 0 Å². The number of hydrogen-bond donors (Lipinski definition) is 1. The highest BCUT2D eigenvalue weighted by atomic mass is 16.4. The molecule has 2 aliphatic rings. The van der Waals surface area contributed by atoms with E-state index in [2.05, 4.69) is 27.3 Å². The van der Waals surface area contributed by atoms with Gasteiger partial charge in [0.05, 0.1) is 6.54 Å². The molecule has 17 heavy (non-hydrogen) atoms. The molecule has 1 unspecified atom stereocenters. The van der Waals surface area contributed by atoms with Gasteiger partial charge in [0.1, 0.15) is 0 Å². The number of hydrogen-bond acceptors (Lipinski definition) is 5. The normalized spacial score (nSPS) is 21.5. The third-order valence-corrected chi connectivity index (χ3v) is 3.79. The predicted molar refractivity (Wildman–Crippen MR) is 64.7 cm³/mol. The van der Waals surface area contributed by atoms with Crippen LogP contribution >= 0.6 is 0 Å². The van der Waals surface area contributed by atoms with E-state index in [1.54, 1.807) is 0 Å². The van der Waals surface area contributed by atoms with Crippen LogP contribution in [0.15, 0.2) is 4.42 Å². The molecule has 2 saturated carbocycles. The summed E-state index contributed by atoms with van der Waals surface area (Å²) in [4.78, 5) is 2.10. The minimum Gasteiger partial charge on any atom is -0.407 e. The van der Waals surface area contributed by atoms with Crippen molar-refractivity contribution in [2.45, 2.75) is 51.2 Å². The van der Waals surface area contributed by atoms with Gasteiger partial charge < -0.3 is 14.6 Å². The van der Waals surface area contributed by atoms with Gasteiger partial charge in [0.25, 0.3) is 0 Å². The molecule has 0 spiro atoms. The van der Waals surface area contributed by atoms with Gasteiger partial charge in [-0.1, -0.05) is 5.10 Å². The highest BCUT2D eigenvalue weighted by Gasteiger charge is 2.32. The van der Waals surface area contributed by atoms with Crippen LogP contribution in [0.1, 0.15) is 38.5 Å². The molecule has 0 aliphatic heterocycles. The van der Waals surface area contributed by atoms with E-state index in [-0.39, 0.29) is 0 Å². The van der Waals surface area contributed by atoms with E-state index in [0.29, 0.717) is 30.5 Å². The molecule has 3 rings (SSSR count). The van der Waals surface area contributed by atoms with Crippen molar-refractivity contribution in [2.75, 3.05) is 11.9 Å². The molecule has 1 atom stereocenters. The molecule has 1 aromatic heterocycles. The average Bonchev–Trinajstić information content (AvgIpc) is 3.24. The van der Waals surface area contributed by atoms with Crippen LogP contribution in [-0.2, 0) is 6.54 Å². The molecule has 5 heteroatoms. The van der Waals surface area contributed by atoms with Gasteiger partial charge in [0.2, 0.25) is 5.89 Å². The first-order chi connectivity index (χ1) is 8.24. The van der Waals surface area contributed by atoms with Crippen LogP contribution in [0.2, 0.25) is 0 Å². The summed E-state index contributed by atoms with van der Waals surface area (Å²) in [6.45, 7) is 2.92. The fraction of sp³-hybridized carbons (Fsp3) is 0.833. The Balaban J connectivity index is 1.57. The van der Waals surface area contributed by atoms with Gasteiger partial charge in [0.15, 0.2) is 0 Å². The summed E-state index contributed by atoms with van der Waals surface area (Å²) in [5.41, 5.74) is 0. The highest BCUT2D eigenvalue weighted by molar-refractivity contribution is 5.25. The van der Waals surface area contributed by atoms with Crippen LogP contribution < -0.4 is 10.2 Å². The largest absolute Gasteiger partial charge is 0.407 e. The first-order valence-electron chi connectivity index (χ1n) is 6.52. The molecule has 1 N–H and O–H groups in total. The first kappa shape index (κ1) is 11.0. The highest BCUT2D eigenvalue weighted by Crippen LogP contribution is 2.35. The third-order valence-electron chi connectivity index (χ3n) is 3.79. The maximum Gasteiger partial charge on any atom is 0.318 e. The molecule has 0 radical (unpaired) electrons. The molecule has 94 valence electrons. The van der Waals surface area contributed by atoms with Crippen molar-refractivity contribution in [2.24, 2.45) is 5.92 Å². The van der Waals surface area contributed by atoms with Crippen LogP contribution in [0.4, 0.5) is 6.01 Å². The Morgan fingerprint density at radius 2 is 2.12 bits per heavy atom. The van der Waals surface area contributed by atoms with E-state index < -0.39 is 0 Å². The molecule has 0 amide bonds. The molecular weight excluding hydrogens is 216 g/mol. The molecule has 0 saturated heterocycles. The lowest BCUT2D eigenvalue weighted by Gasteiger charge is -2.21. The molecule has 1 aromatic rings. The van der Waals surface area contributed by atoms with Crippen LogP contribution in [0.25, 0.3) is 0 Å². The number of nitrogens with one attached hydrogen (secondary N) is 1. The summed E-state index contributed by atoms with van der Waals surface area (Å²) in [6.07, 6.45) is 5.21. The van der Waals surface area contributed by atoms with Gasteiger partial charge in [-0.2, -0.15) is 0 Å². The summed E-state index contributed by atoms with van der Waals surface area (Å²) in [5, 5.41) is 11.6. The number of aromatic nitrogens is 2. The summed E-state index contributed by atoms with van der Waals surface area (Å²) in [5.74, 6) is 1.50. The van der Waals surface area contributed by atoms with Gasteiger partial charge in [-0.25, -0.2) is 0 Å². The summed E-state index contributed by atoms with van der Waals surface area (Å²) < 4.78 is 5.66. The van der Waals surface area contributed by atoms with Crippen LogP contribution in [0.5, 0.6) is 0 Å². The second-order valence-corrected chi connectivity index (χ2v) is 5.32. The minimum absolute atomic E-state index is 0.500. The Kier molecular flexibility index (Phi) is 2.78. The topological polar surface area (TPSA) is 54.2 Å². The van der Waals surface area contributed by atoms with E-state index in [1.807, 2.05) is 7.05 Å². The van der Waals surface area contributed by atoms with Gasteiger partial charge >= 0.3 is 6.01 Å². The van der Waals surface area contributed by atoms with Crippen molar-refractivity contribution in [1.29, 1.82) is 0 Å². The van der Waals surface area contributed by atoms with E-state index in [0.717, 1.165) is 5.92 Å². The third kappa shape index (κ3) is 2.60. The minimum atomic E-state index is 0.500. The molecule has 2 fully saturated rings. The Labute approximate surface area is 102 Å². The molecule has 5 nitrogen and oxygen atoms in total. The van der Waals surface area contributed by atoms with Gasteiger partial charge in [-0.15, -0.1) is 5.10 Å². The number of anilines is 1. The SMILES string of the molecule is CC(C1CC1)N(C)c1nnc(CNC2CC2)o1. The second kappa shape index (κ2) is 4.29. The second-order valence-electron chi connectivity index (χ2n) is 5.32. The number of rotatable bonds is 6. The summed E-state index contributed by atoms with van der Waals surface area (Å²) in [7, 11) is 2.04. The molecule has 0 bridgehead atoms. The van der Waals surface area contributed by atoms with Crippen molar-refractivity contribution >= 4 is 6.01 Å². The van der Waals surface area contributed by atoms with Crippen molar-refractivity contribution in [3.05, 3.63) is 5.89 Å². The van der Waals surface area contributed by atoms with Crippen molar-refractivity contribution in [3.8, 4) is 0 Å². The Morgan fingerprint density at radius 3 is 2.76 bits per heavy atom. The van der Waals surface area contributed by atoms with E-state index in [1.165, 1.54) is 25.7 Å². The summed E-state index contributed by atoms with van der Waals surface area (Å²) in [6, 6.07) is 1.82. The smallest absolute Gasteiger partial charge is 0.318 e. The Hall–Kier alpha value is -1.10. The quantitative estimate of drug-likeness (QED) is 0.812. The zero-order valence-electron chi connectivity index (χ0n) is 10.5. The predicted octanol–water partition coefficient (Wildman–Crippen LogP) is 1.56. The lowest BCUT2D eigenvalue weighted by atomic mass is 10.2. The lowest BCUT2D eigenvalue weighted by molar-refractivity contribution is 0.448. The Bertz CT molecular complexity index is 384. The lowest BCUT2D eigenvalue weighted by Crippen LogP contribution is -2.30. The molecule has 0 aromatic carbocycles. The zero-order chi connectivity index (χ0) is 11.8. The average molecular weight is 236 g/mol. The Morgan fingerprint density at radius 1 is 1.35 bits per heavy atom. The van der Waals surface area contributed by atoms with Crippen LogP contribution in [0.3, 0.4) is 0 Å². The maximum absolute atomic E-state index is 5.66. The maximum atomic E-state index is 5.66. The van der Waals surface area contributed by atoms with Crippen molar-refractivity contribution < 1.29 is 4.42 Å². The van der Waals surface area contributed by atoms with Gasteiger partial charge in [0, 0.05) is 19.1 Å². The zero-order valence-corrected chi connectivity index (χ0v) is 10.5. The monoisotopic (exact) mass is 236 g/mol. The van der Waals surface area contributed by atoms with E-state index in [9.17, 15) is 0 Å². The summed E-state index contributed by atoms with van der Waals surface area (Å²) >= 11 is 0. The van der Waals surface area contributed by atoms with E-state index in [4.69, 9.17) is 4.42 Å². The fourth-order valence-corrected chi connectivity index (χ4v) is 2.05. The fourth-order valence-electron chi connectivity index (χ4n) is 2.05. The standard InChI is InChI=1S/C12H20N4O/c1-8(9-3-4-9)16(2)12-15-14-11(17-12)7-13-10-5-6-10/h8-10,13H,3-7H2,1-2H3. The van der Waals surface area contributed by atoms with Crippen LogP contribution in [0, 0.1) is 5.92 Å². The van der Waals surface area contributed by atoms with Crippen LogP contribution in [-0.4, -0.2) is 29.3 Å². The van der Waals surface area contributed by atoms with E-state index >= 15 is 0 Å². The molecule has 2 aliphatic carbocycles. The molecular formula is C12H20N4O. The van der Waals surface area contributed by atoms with Crippen molar-refractivity contribution in [1.82, 2.24) is 15.5 Å². The first-order valence-corrected chi connectivity index (χ1v) is 6.52. The van der Waals surface area contributed by atoms with Crippen molar-refractivity contribution in [3.63, 3.8) is 0 Å².